The van der Waals surface area contributed by atoms with Crippen molar-refractivity contribution in [3.05, 3.63) is 17.8 Å². The van der Waals surface area contributed by atoms with E-state index in [-0.39, 0.29) is 5.82 Å². The van der Waals surface area contributed by atoms with Crippen LogP contribution in [0.25, 0.3) is 0 Å². The van der Waals surface area contributed by atoms with Crippen LogP contribution in [0.4, 0.5) is 10.2 Å². The maximum Gasteiger partial charge on any atom is 0.186 e. The van der Waals surface area contributed by atoms with Crippen LogP contribution in [0, 0.1) is 18.7 Å². The Balaban J connectivity index is 2.07. The van der Waals surface area contributed by atoms with E-state index in [0.29, 0.717) is 23.5 Å². The van der Waals surface area contributed by atoms with E-state index >= 15 is 0 Å². The molecule has 2 atom stereocenters. The number of halogens is 1. The Morgan fingerprint density at radius 1 is 1.57 bits per heavy atom. The predicted octanol–water partition coefficient (Wildman–Crippen LogP) is 2.13. The summed E-state index contributed by atoms with van der Waals surface area (Å²) >= 11 is 0. The largest absolute Gasteiger partial charge is 0.365 e. The molecular formula is C10H14FN3. The van der Waals surface area contributed by atoms with Gasteiger partial charge in [0.05, 0.1) is 5.69 Å². The maximum atomic E-state index is 13.4. The molecule has 1 N–H and O–H groups in total. The van der Waals surface area contributed by atoms with Crippen LogP contribution in [-0.4, -0.2) is 16.0 Å². The molecule has 4 heteroatoms. The number of anilines is 1. The Hall–Kier alpha value is -1.19. The van der Waals surface area contributed by atoms with Crippen molar-refractivity contribution in [1.29, 1.82) is 0 Å². The Kier molecular flexibility index (Phi) is 2.35. The van der Waals surface area contributed by atoms with Gasteiger partial charge >= 0.3 is 0 Å². The number of aromatic nitrogens is 2. The van der Waals surface area contributed by atoms with Crippen LogP contribution in [-0.2, 0) is 0 Å². The van der Waals surface area contributed by atoms with Crippen LogP contribution >= 0.6 is 0 Å². The minimum Gasteiger partial charge on any atom is -0.365 e. The number of nitrogens with one attached hydrogen (secondary N) is 1. The topological polar surface area (TPSA) is 37.8 Å². The van der Waals surface area contributed by atoms with Gasteiger partial charge in [0.1, 0.15) is 6.33 Å². The van der Waals surface area contributed by atoms with Gasteiger partial charge in [0, 0.05) is 6.04 Å². The second kappa shape index (κ2) is 3.52. The minimum absolute atomic E-state index is 0.325. The Morgan fingerprint density at radius 3 is 3.00 bits per heavy atom. The van der Waals surface area contributed by atoms with Crippen molar-refractivity contribution in [2.45, 2.75) is 32.7 Å². The first-order chi connectivity index (χ1) is 6.72. The zero-order chi connectivity index (χ0) is 10.1. The van der Waals surface area contributed by atoms with Gasteiger partial charge in [-0.2, -0.15) is 0 Å². The number of rotatable bonds is 3. The SMILES string of the molecule is CC[C@@H]1C[C@H]1Nc1ncnc(C)c1F. The van der Waals surface area contributed by atoms with Gasteiger partial charge in [0.25, 0.3) is 0 Å². The van der Waals surface area contributed by atoms with Gasteiger partial charge in [-0.05, 0) is 19.3 Å². The summed E-state index contributed by atoms with van der Waals surface area (Å²) < 4.78 is 13.4. The second-order valence-electron chi connectivity index (χ2n) is 3.78. The maximum absolute atomic E-state index is 13.4. The molecule has 0 unspecified atom stereocenters. The zero-order valence-electron chi connectivity index (χ0n) is 8.42. The molecule has 0 aliphatic heterocycles. The molecule has 1 aliphatic carbocycles. The summed E-state index contributed by atoms with van der Waals surface area (Å²) in [5.41, 5.74) is 0.399. The van der Waals surface area contributed by atoms with Crippen molar-refractivity contribution in [3.8, 4) is 0 Å². The predicted molar refractivity (Wildman–Crippen MR) is 52.5 cm³/mol. The van der Waals surface area contributed by atoms with Crippen LogP contribution in [0.5, 0.6) is 0 Å². The summed E-state index contributed by atoms with van der Waals surface area (Å²) in [6.45, 7) is 3.79. The molecule has 1 saturated carbocycles. The first-order valence-electron chi connectivity index (χ1n) is 4.96. The van der Waals surface area contributed by atoms with Crippen molar-refractivity contribution in [3.63, 3.8) is 0 Å². The molecule has 2 rings (SSSR count). The van der Waals surface area contributed by atoms with Gasteiger partial charge in [-0.25, -0.2) is 14.4 Å². The molecule has 76 valence electrons. The van der Waals surface area contributed by atoms with Gasteiger partial charge in [0.2, 0.25) is 0 Å². The molecule has 3 nitrogen and oxygen atoms in total. The lowest BCUT2D eigenvalue weighted by Crippen LogP contribution is -2.09. The third-order valence-corrected chi connectivity index (χ3v) is 2.73. The molecule has 1 aromatic rings. The molecule has 1 aliphatic rings. The number of hydrogen-bond donors (Lipinski definition) is 1. The number of hydrogen-bond acceptors (Lipinski definition) is 3. The lowest BCUT2D eigenvalue weighted by molar-refractivity contribution is 0.603. The lowest BCUT2D eigenvalue weighted by atomic mass is 10.3. The standard InChI is InChI=1S/C10H14FN3/c1-3-7-4-8(7)14-10-9(11)6(2)12-5-13-10/h5,7-8H,3-4H2,1-2H3,(H,12,13,14)/t7-,8-/m1/s1. The molecule has 0 spiro atoms. The van der Waals surface area contributed by atoms with Crippen molar-refractivity contribution >= 4 is 5.82 Å². The fourth-order valence-electron chi connectivity index (χ4n) is 1.61. The molecule has 0 bridgehead atoms. The van der Waals surface area contributed by atoms with E-state index in [4.69, 9.17) is 0 Å². The van der Waals surface area contributed by atoms with E-state index < -0.39 is 0 Å². The molecule has 0 radical (unpaired) electrons. The van der Waals surface area contributed by atoms with Crippen LogP contribution in [0.15, 0.2) is 6.33 Å². The zero-order valence-corrected chi connectivity index (χ0v) is 8.42. The van der Waals surface area contributed by atoms with Crippen LogP contribution in [0.1, 0.15) is 25.5 Å². The summed E-state index contributed by atoms with van der Waals surface area (Å²) in [6, 6.07) is 0.406. The van der Waals surface area contributed by atoms with Crippen LogP contribution in [0.3, 0.4) is 0 Å². The van der Waals surface area contributed by atoms with Gasteiger partial charge < -0.3 is 5.32 Å². The molecule has 1 fully saturated rings. The highest BCUT2D eigenvalue weighted by molar-refractivity contribution is 5.39. The minimum atomic E-state index is -0.325. The molecule has 1 aromatic heterocycles. The van der Waals surface area contributed by atoms with Gasteiger partial charge in [-0.1, -0.05) is 13.3 Å². The van der Waals surface area contributed by atoms with Gasteiger partial charge in [-0.3, -0.25) is 0 Å². The highest BCUT2D eigenvalue weighted by Crippen LogP contribution is 2.36. The quantitative estimate of drug-likeness (QED) is 0.802. The molecule has 14 heavy (non-hydrogen) atoms. The Morgan fingerprint density at radius 2 is 2.36 bits per heavy atom. The molecule has 0 aromatic carbocycles. The average Bonchev–Trinajstić information content (AvgIpc) is 2.92. The smallest absolute Gasteiger partial charge is 0.186 e. The fourth-order valence-corrected chi connectivity index (χ4v) is 1.61. The van der Waals surface area contributed by atoms with Gasteiger partial charge in [0.15, 0.2) is 11.6 Å². The van der Waals surface area contributed by atoms with Gasteiger partial charge in [-0.15, -0.1) is 0 Å². The highest BCUT2D eigenvalue weighted by Gasteiger charge is 2.36. The third kappa shape index (κ3) is 1.69. The summed E-state index contributed by atoms with van der Waals surface area (Å²) in [5, 5.41) is 3.10. The van der Waals surface area contributed by atoms with E-state index in [9.17, 15) is 4.39 Å². The first kappa shape index (κ1) is 9.37. The molecule has 0 amide bonds. The summed E-state index contributed by atoms with van der Waals surface area (Å²) in [4.78, 5) is 7.67. The lowest BCUT2D eigenvalue weighted by Gasteiger charge is -2.06. The van der Waals surface area contributed by atoms with Crippen molar-refractivity contribution in [2.24, 2.45) is 5.92 Å². The van der Waals surface area contributed by atoms with E-state index in [1.165, 1.54) is 6.33 Å². The summed E-state index contributed by atoms with van der Waals surface area (Å²) in [7, 11) is 0. The van der Waals surface area contributed by atoms with E-state index in [1.807, 2.05) is 0 Å². The molecule has 0 saturated heterocycles. The van der Waals surface area contributed by atoms with Crippen molar-refractivity contribution in [1.82, 2.24) is 9.97 Å². The molecule has 1 heterocycles. The van der Waals surface area contributed by atoms with Crippen LogP contribution in [0.2, 0.25) is 0 Å². The summed E-state index contributed by atoms with van der Waals surface area (Å²) in [6.07, 6.45) is 3.66. The van der Waals surface area contributed by atoms with E-state index in [2.05, 4.69) is 22.2 Å². The normalized spacial score (nSPS) is 24.8. The Labute approximate surface area is 82.8 Å². The number of nitrogens with zero attached hydrogens (tertiary/aromatic N) is 2. The second-order valence-corrected chi connectivity index (χ2v) is 3.78. The average molecular weight is 195 g/mol. The molecular weight excluding hydrogens is 181 g/mol. The van der Waals surface area contributed by atoms with Crippen molar-refractivity contribution in [2.75, 3.05) is 5.32 Å². The highest BCUT2D eigenvalue weighted by atomic mass is 19.1. The Bertz CT molecular complexity index is 340. The third-order valence-electron chi connectivity index (χ3n) is 2.73. The van der Waals surface area contributed by atoms with E-state index in [0.717, 1.165) is 12.8 Å². The summed E-state index contributed by atoms with van der Waals surface area (Å²) in [5.74, 6) is 0.706. The number of aryl methyl sites for hydroxylation is 1. The fraction of sp³-hybridized carbons (Fsp3) is 0.600. The van der Waals surface area contributed by atoms with E-state index in [1.54, 1.807) is 6.92 Å². The van der Waals surface area contributed by atoms with Crippen molar-refractivity contribution < 1.29 is 4.39 Å². The van der Waals surface area contributed by atoms with Crippen LogP contribution < -0.4 is 5.32 Å². The first-order valence-corrected chi connectivity index (χ1v) is 4.96. The monoisotopic (exact) mass is 195 g/mol.